The molecule has 6 heterocycles. The Hall–Kier alpha value is -4.91. The summed E-state index contributed by atoms with van der Waals surface area (Å²) in [5.41, 5.74) is 11.4. The van der Waals surface area contributed by atoms with Gasteiger partial charge in [-0.05, 0) is 31.7 Å². The van der Waals surface area contributed by atoms with E-state index in [9.17, 15) is 13.2 Å². The first-order chi connectivity index (χ1) is 21.2. The minimum atomic E-state index is -3.74. The van der Waals surface area contributed by atoms with Gasteiger partial charge in [-0.3, -0.25) is 9.78 Å². The predicted molar refractivity (Wildman–Crippen MR) is 167 cm³/mol. The summed E-state index contributed by atoms with van der Waals surface area (Å²) in [5, 5.41) is 7.28. The molecule has 0 spiro atoms. The van der Waals surface area contributed by atoms with Crippen LogP contribution in [0.3, 0.4) is 0 Å². The lowest BCUT2D eigenvalue weighted by Crippen LogP contribution is -2.43. The molecule has 2 saturated heterocycles. The normalized spacial score (nSPS) is 19.8. The van der Waals surface area contributed by atoms with E-state index in [4.69, 9.17) is 10.7 Å². The van der Waals surface area contributed by atoms with Crippen molar-refractivity contribution in [3.05, 3.63) is 73.1 Å². The molecule has 2 aliphatic heterocycles. The summed E-state index contributed by atoms with van der Waals surface area (Å²) in [7, 11) is -3.74. The molecule has 0 aliphatic carbocycles. The first-order valence-corrected chi connectivity index (χ1v) is 16.3. The van der Waals surface area contributed by atoms with Crippen molar-refractivity contribution < 1.29 is 13.2 Å². The van der Waals surface area contributed by atoms with Gasteiger partial charge in [-0.1, -0.05) is 36.4 Å². The quantitative estimate of drug-likeness (QED) is 0.287. The number of anilines is 3. The summed E-state index contributed by atoms with van der Waals surface area (Å²) in [4.78, 5) is 32.4. The van der Waals surface area contributed by atoms with E-state index in [1.807, 2.05) is 42.5 Å². The van der Waals surface area contributed by atoms with E-state index in [0.29, 0.717) is 41.3 Å². The van der Waals surface area contributed by atoms with Crippen LogP contribution in [0.25, 0.3) is 28.0 Å². The number of amides is 1. The number of carbonyl (C=O) groups is 1. The summed E-state index contributed by atoms with van der Waals surface area (Å²) in [5.74, 6) is 0.367. The highest BCUT2D eigenvalue weighted by Crippen LogP contribution is 2.47. The van der Waals surface area contributed by atoms with Crippen LogP contribution in [-0.2, 0) is 14.6 Å². The molecule has 1 amide bonds. The molecule has 44 heavy (non-hydrogen) atoms. The van der Waals surface area contributed by atoms with Gasteiger partial charge in [0.05, 0.1) is 23.8 Å². The molecule has 0 radical (unpaired) electrons. The van der Waals surface area contributed by atoms with Crippen molar-refractivity contribution >= 4 is 38.7 Å². The summed E-state index contributed by atoms with van der Waals surface area (Å²) in [6.07, 6.45) is 10.8. The fourth-order valence-corrected chi connectivity index (χ4v) is 7.82. The fraction of sp³-hybridized carbons (Fsp3) is 0.290. The molecule has 3 atom stereocenters. The van der Waals surface area contributed by atoms with E-state index < -0.39 is 9.84 Å². The van der Waals surface area contributed by atoms with Gasteiger partial charge < -0.3 is 16.0 Å². The number of hydrogen-bond acceptors (Lipinski definition) is 10. The van der Waals surface area contributed by atoms with Gasteiger partial charge in [0.1, 0.15) is 22.7 Å². The first-order valence-electron chi connectivity index (χ1n) is 14.4. The standard InChI is InChI=1S/C31H31N9O3S/c1-18(41)37-26-16-33-17-35-31(26)39-22-9-10-23(39)13-21(12-22)27-28(44(2,42)43)29(32)40-30(38-27)24(15-36-40)20-8-11-25(34-14-20)19-6-4-3-5-7-19/h3-8,11,14-17,21-23H,9-10,12-13,32H2,1-2H3,(H,37,41)/t21?,22-,23+. The molecule has 2 fully saturated rings. The van der Waals surface area contributed by atoms with Crippen molar-refractivity contribution in [2.24, 2.45) is 0 Å². The SMILES string of the molecule is CC(=O)Nc1cncnc1N1[C@@H]2CC[C@H]1CC(c1nc3c(-c4ccc(-c5ccccc5)nc4)cnn3c(N)c1S(C)(=O)=O)C2. The summed E-state index contributed by atoms with van der Waals surface area (Å²) < 4.78 is 27.8. The van der Waals surface area contributed by atoms with Crippen molar-refractivity contribution in [2.45, 2.75) is 55.5 Å². The second-order valence-corrected chi connectivity index (χ2v) is 13.4. The number of nitrogen functional groups attached to an aromatic ring is 1. The lowest BCUT2D eigenvalue weighted by atomic mass is 9.87. The number of aromatic nitrogens is 6. The second-order valence-electron chi connectivity index (χ2n) is 11.5. The van der Waals surface area contributed by atoms with Crippen LogP contribution >= 0.6 is 0 Å². The molecule has 2 aliphatic rings. The van der Waals surface area contributed by atoms with E-state index in [0.717, 1.165) is 35.9 Å². The van der Waals surface area contributed by atoms with E-state index in [-0.39, 0.29) is 34.6 Å². The molecule has 1 aromatic carbocycles. The Morgan fingerprint density at radius 2 is 1.73 bits per heavy atom. The number of fused-ring (bicyclic) bond motifs is 3. The molecule has 2 bridgehead atoms. The number of pyridine rings is 1. The largest absolute Gasteiger partial charge is 0.382 e. The number of nitrogens with zero attached hydrogens (tertiary/aromatic N) is 7. The summed E-state index contributed by atoms with van der Waals surface area (Å²) in [6.45, 7) is 1.45. The number of nitrogens with two attached hydrogens (primary N) is 1. The number of hydrogen-bond donors (Lipinski definition) is 2. The number of sulfone groups is 1. The van der Waals surface area contributed by atoms with Gasteiger partial charge in [-0.2, -0.15) is 9.61 Å². The minimum Gasteiger partial charge on any atom is -0.382 e. The van der Waals surface area contributed by atoms with Gasteiger partial charge >= 0.3 is 0 Å². The third-order valence-electron chi connectivity index (χ3n) is 8.54. The molecule has 3 N–H and O–H groups in total. The van der Waals surface area contributed by atoms with Gasteiger partial charge in [-0.25, -0.2) is 23.4 Å². The molecule has 1 unspecified atom stereocenters. The van der Waals surface area contributed by atoms with Crippen LogP contribution < -0.4 is 16.0 Å². The van der Waals surface area contributed by atoms with Crippen molar-refractivity contribution in [1.29, 1.82) is 0 Å². The van der Waals surface area contributed by atoms with E-state index >= 15 is 0 Å². The van der Waals surface area contributed by atoms with Crippen molar-refractivity contribution in [1.82, 2.24) is 29.5 Å². The maximum atomic E-state index is 13.2. The Bertz CT molecular complexity index is 1980. The monoisotopic (exact) mass is 609 g/mol. The van der Waals surface area contributed by atoms with Gasteiger partial charge in [-0.15, -0.1) is 0 Å². The minimum absolute atomic E-state index is 0.0241. The van der Waals surface area contributed by atoms with E-state index in [1.54, 1.807) is 18.6 Å². The highest BCUT2D eigenvalue weighted by molar-refractivity contribution is 7.91. The third kappa shape index (κ3) is 4.82. The van der Waals surface area contributed by atoms with Gasteiger partial charge in [0, 0.05) is 54.1 Å². The highest BCUT2D eigenvalue weighted by atomic mass is 32.2. The van der Waals surface area contributed by atoms with Gasteiger partial charge in [0.15, 0.2) is 21.3 Å². The van der Waals surface area contributed by atoms with Crippen molar-refractivity contribution in [3.63, 3.8) is 0 Å². The zero-order chi connectivity index (χ0) is 30.6. The number of nitrogens with one attached hydrogen (secondary N) is 1. The van der Waals surface area contributed by atoms with Gasteiger partial charge in [0.2, 0.25) is 5.91 Å². The second kappa shape index (κ2) is 10.7. The van der Waals surface area contributed by atoms with E-state index in [1.165, 1.54) is 17.8 Å². The Kier molecular flexibility index (Phi) is 6.76. The van der Waals surface area contributed by atoms with Crippen molar-refractivity contribution in [3.8, 4) is 22.4 Å². The molecular weight excluding hydrogens is 578 g/mol. The molecule has 12 nitrogen and oxygen atoms in total. The lowest BCUT2D eigenvalue weighted by molar-refractivity contribution is -0.114. The highest BCUT2D eigenvalue weighted by Gasteiger charge is 2.44. The number of benzene rings is 1. The van der Waals surface area contributed by atoms with Crippen LogP contribution in [-0.4, -0.2) is 62.2 Å². The molecule has 13 heteroatoms. The Labute approximate surface area is 254 Å². The molecule has 224 valence electrons. The van der Waals surface area contributed by atoms with Crippen LogP contribution in [0.15, 0.2) is 72.3 Å². The molecular formula is C31H31N9O3S. The van der Waals surface area contributed by atoms with Crippen LogP contribution in [0.5, 0.6) is 0 Å². The van der Waals surface area contributed by atoms with Crippen LogP contribution in [0.1, 0.15) is 44.2 Å². The molecule has 4 aromatic heterocycles. The predicted octanol–water partition coefficient (Wildman–Crippen LogP) is 4.11. The fourth-order valence-electron chi connectivity index (χ4n) is 6.76. The molecule has 7 rings (SSSR count). The van der Waals surface area contributed by atoms with Crippen molar-refractivity contribution in [2.75, 3.05) is 22.2 Å². The maximum absolute atomic E-state index is 13.2. The first kappa shape index (κ1) is 27.9. The van der Waals surface area contributed by atoms with Crippen LogP contribution in [0, 0.1) is 0 Å². The topological polar surface area (TPSA) is 161 Å². The molecule has 0 saturated carbocycles. The Morgan fingerprint density at radius 1 is 0.977 bits per heavy atom. The maximum Gasteiger partial charge on any atom is 0.221 e. The molecule has 5 aromatic rings. The smallest absolute Gasteiger partial charge is 0.221 e. The average Bonchev–Trinajstić information content (AvgIpc) is 3.54. The zero-order valence-corrected chi connectivity index (χ0v) is 25.1. The number of piperidine rings is 1. The van der Waals surface area contributed by atoms with Gasteiger partial charge in [0.25, 0.3) is 0 Å². The van der Waals surface area contributed by atoms with Crippen LogP contribution in [0.4, 0.5) is 17.3 Å². The average molecular weight is 610 g/mol. The summed E-state index contributed by atoms with van der Waals surface area (Å²) >= 11 is 0. The van der Waals surface area contributed by atoms with E-state index in [2.05, 4.69) is 30.3 Å². The summed E-state index contributed by atoms with van der Waals surface area (Å²) in [6, 6.07) is 14.0. The number of carbonyl (C=O) groups excluding carboxylic acids is 1. The number of rotatable bonds is 6. The Morgan fingerprint density at radius 3 is 2.39 bits per heavy atom. The van der Waals surface area contributed by atoms with Crippen LogP contribution in [0.2, 0.25) is 0 Å². The zero-order valence-electron chi connectivity index (χ0n) is 24.3. The Balaban J connectivity index is 1.28. The lowest BCUT2D eigenvalue weighted by Gasteiger charge is -2.40. The third-order valence-corrected chi connectivity index (χ3v) is 9.70.